The fraction of sp³-hybridized carbons (Fsp3) is 0.200. The number of aryl methyl sites for hydroxylation is 1. The van der Waals surface area contributed by atoms with Crippen LogP contribution in [-0.2, 0) is 6.42 Å². The van der Waals surface area contributed by atoms with Crippen LogP contribution in [0.1, 0.15) is 11.1 Å². The molecule has 0 atom stereocenters. The largest absolute Gasteiger partial charge is 0.399 e. The lowest BCUT2D eigenvalue weighted by atomic mass is 10.1. The molecule has 1 aliphatic heterocycles. The van der Waals surface area contributed by atoms with E-state index in [9.17, 15) is 0 Å². The van der Waals surface area contributed by atoms with Gasteiger partial charge >= 0.3 is 0 Å². The lowest BCUT2D eigenvalue weighted by molar-refractivity contribution is 0.993. The third-order valence-electron chi connectivity index (χ3n) is 3.40. The number of rotatable bonds is 1. The molecular weight excluding hydrogens is 208 g/mol. The number of para-hydroxylation sites is 1. The zero-order valence-electron chi connectivity index (χ0n) is 9.98. The van der Waals surface area contributed by atoms with Crippen LogP contribution in [-0.4, -0.2) is 6.54 Å². The first-order chi connectivity index (χ1) is 8.25. The van der Waals surface area contributed by atoms with Crippen LogP contribution in [0.5, 0.6) is 0 Å². The summed E-state index contributed by atoms with van der Waals surface area (Å²) in [5, 5.41) is 0. The van der Waals surface area contributed by atoms with Gasteiger partial charge in [0, 0.05) is 23.6 Å². The molecule has 86 valence electrons. The lowest BCUT2D eigenvalue weighted by Gasteiger charge is -2.22. The second-order valence-electron chi connectivity index (χ2n) is 4.58. The molecule has 0 aliphatic carbocycles. The average molecular weight is 224 g/mol. The topological polar surface area (TPSA) is 29.3 Å². The summed E-state index contributed by atoms with van der Waals surface area (Å²) in [4.78, 5) is 2.38. The van der Waals surface area contributed by atoms with Gasteiger partial charge in [-0.3, -0.25) is 0 Å². The Morgan fingerprint density at radius 2 is 1.88 bits per heavy atom. The maximum Gasteiger partial charge on any atom is 0.0444 e. The van der Waals surface area contributed by atoms with E-state index in [0.717, 1.165) is 18.7 Å². The Hall–Kier alpha value is -1.96. The minimum atomic E-state index is 0.832. The van der Waals surface area contributed by atoms with Gasteiger partial charge < -0.3 is 10.6 Å². The van der Waals surface area contributed by atoms with Crippen molar-refractivity contribution in [1.82, 2.24) is 0 Å². The Kier molecular flexibility index (Phi) is 2.29. The van der Waals surface area contributed by atoms with Crippen molar-refractivity contribution in [3.05, 3.63) is 53.6 Å². The van der Waals surface area contributed by atoms with Crippen LogP contribution in [0, 0.1) is 6.92 Å². The van der Waals surface area contributed by atoms with Crippen molar-refractivity contribution in [3.63, 3.8) is 0 Å². The molecule has 0 saturated heterocycles. The van der Waals surface area contributed by atoms with Gasteiger partial charge in [-0.15, -0.1) is 0 Å². The van der Waals surface area contributed by atoms with Crippen molar-refractivity contribution in [2.24, 2.45) is 0 Å². The molecule has 0 radical (unpaired) electrons. The highest BCUT2D eigenvalue weighted by molar-refractivity contribution is 5.73. The van der Waals surface area contributed by atoms with Crippen molar-refractivity contribution in [1.29, 1.82) is 0 Å². The number of hydrogen-bond donors (Lipinski definition) is 1. The minimum absolute atomic E-state index is 0.832. The van der Waals surface area contributed by atoms with Crippen LogP contribution in [0.2, 0.25) is 0 Å². The first kappa shape index (κ1) is 10.2. The normalized spacial score (nSPS) is 13.8. The molecule has 2 nitrogen and oxygen atoms in total. The van der Waals surface area contributed by atoms with Gasteiger partial charge in [-0.1, -0.05) is 18.2 Å². The number of nitrogen functional groups attached to an aromatic ring is 1. The molecule has 0 amide bonds. The highest BCUT2D eigenvalue weighted by atomic mass is 15.2. The minimum Gasteiger partial charge on any atom is -0.399 e. The summed E-state index contributed by atoms with van der Waals surface area (Å²) in [6.45, 7) is 3.18. The van der Waals surface area contributed by atoms with Gasteiger partial charge in [-0.2, -0.15) is 0 Å². The van der Waals surface area contributed by atoms with Crippen LogP contribution < -0.4 is 10.6 Å². The third kappa shape index (κ3) is 1.66. The first-order valence-electron chi connectivity index (χ1n) is 5.97. The van der Waals surface area contributed by atoms with E-state index in [0.29, 0.717) is 0 Å². The predicted octanol–water partition coefficient (Wildman–Crippen LogP) is 3.27. The smallest absolute Gasteiger partial charge is 0.0444 e. The summed E-state index contributed by atoms with van der Waals surface area (Å²) in [5.41, 5.74) is 11.9. The molecule has 3 rings (SSSR count). The number of nitrogens with two attached hydrogens (primary N) is 1. The van der Waals surface area contributed by atoms with Gasteiger partial charge in [-0.25, -0.2) is 0 Å². The number of nitrogens with zero attached hydrogens (tertiary/aromatic N) is 1. The van der Waals surface area contributed by atoms with E-state index in [4.69, 9.17) is 5.73 Å². The van der Waals surface area contributed by atoms with Gasteiger partial charge in [0.25, 0.3) is 0 Å². The monoisotopic (exact) mass is 224 g/mol. The molecule has 0 saturated carbocycles. The molecule has 0 spiro atoms. The molecule has 2 heteroatoms. The highest BCUT2D eigenvalue weighted by Gasteiger charge is 2.20. The summed E-state index contributed by atoms with van der Waals surface area (Å²) in [6, 6.07) is 14.7. The summed E-state index contributed by atoms with van der Waals surface area (Å²) >= 11 is 0. The van der Waals surface area contributed by atoms with Gasteiger partial charge in [0.2, 0.25) is 0 Å². The average Bonchev–Trinajstić information content (AvgIpc) is 2.73. The fourth-order valence-electron chi connectivity index (χ4n) is 2.57. The summed E-state index contributed by atoms with van der Waals surface area (Å²) in [6.07, 6.45) is 1.12. The maximum atomic E-state index is 5.80. The Bertz CT molecular complexity index is 561. The first-order valence-corrected chi connectivity index (χ1v) is 5.97. The van der Waals surface area contributed by atoms with Crippen molar-refractivity contribution in [2.75, 3.05) is 17.2 Å². The quantitative estimate of drug-likeness (QED) is 0.753. The Labute approximate surface area is 102 Å². The zero-order valence-corrected chi connectivity index (χ0v) is 9.98. The van der Waals surface area contributed by atoms with Gasteiger partial charge in [0.1, 0.15) is 0 Å². The second kappa shape index (κ2) is 3.81. The van der Waals surface area contributed by atoms with Crippen LogP contribution in [0.15, 0.2) is 42.5 Å². The molecule has 2 N–H and O–H groups in total. The van der Waals surface area contributed by atoms with Crippen molar-refractivity contribution in [2.45, 2.75) is 13.3 Å². The molecule has 0 fully saturated rings. The molecule has 2 aromatic rings. The number of hydrogen-bond acceptors (Lipinski definition) is 2. The lowest BCUT2D eigenvalue weighted by Crippen LogP contribution is -2.14. The van der Waals surface area contributed by atoms with Crippen LogP contribution in [0.3, 0.4) is 0 Å². The second-order valence-corrected chi connectivity index (χ2v) is 4.58. The van der Waals surface area contributed by atoms with E-state index in [2.05, 4.69) is 42.2 Å². The maximum absolute atomic E-state index is 5.80. The molecule has 17 heavy (non-hydrogen) atoms. The SMILES string of the molecule is Cc1cc(N)ccc1N1CCc2ccccc21. The molecular formula is C15H16N2. The van der Waals surface area contributed by atoms with E-state index in [-0.39, 0.29) is 0 Å². The number of fused-ring (bicyclic) bond motifs is 1. The summed E-state index contributed by atoms with van der Waals surface area (Å²) in [7, 11) is 0. The van der Waals surface area contributed by atoms with Gasteiger partial charge in [-0.05, 0) is 48.7 Å². The molecule has 2 aromatic carbocycles. The van der Waals surface area contributed by atoms with Crippen LogP contribution in [0.4, 0.5) is 17.1 Å². The Morgan fingerprint density at radius 1 is 1.06 bits per heavy atom. The fourth-order valence-corrected chi connectivity index (χ4v) is 2.57. The van der Waals surface area contributed by atoms with Crippen molar-refractivity contribution in [3.8, 4) is 0 Å². The summed E-state index contributed by atoms with van der Waals surface area (Å²) in [5.74, 6) is 0. The zero-order chi connectivity index (χ0) is 11.8. The predicted molar refractivity (Wildman–Crippen MR) is 72.7 cm³/mol. The van der Waals surface area contributed by atoms with Crippen molar-refractivity contribution < 1.29 is 0 Å². The molecule has 0 aromatic heterocycles. The van der Waals surface area contributed by atoms with E-state index < -0.39 is 0 Å². The Morgan fingerprint density at radius 3 is 2.71 bits per heavy atom. The highest BCUT2D eigenvalue weighted by Crippen LogP contribution is 2.36. The third-order valence-corrected chi connectivity index (χ3v) is 3.40. The van der Waals surface area contributed by atoms with E-state index in [1.165, 1.54) is 22.5 Å². The van der Waals surface area contributed by atoms with E-state index in [1.54, 1.807) is 0 Å². The standard InChI is InChI=1S/C15H16N2/c1-11-10-13(16)6-7-14(11)17-9-8-12-4-2-3-5-15(12)17/h2-7,10H,8-9,16H2,1H3. The van der Waals surface area contributed by atoms with E-state index in [1.807, 2.05) is 12.1 Å². The van der Waals surface area contributed by atoms with Crippen molar-refractivity contribution >= 4 is 17.1 Å². The summed E-state index contributed by atoms with van der Waals surface area (Å²) < 4.78 is 0. The molecule has 1 heterocycles. The number of benzene rings is 2. The number of anilines is 3. The van der Waals surface area contributed by atoms with Crippen LogP contribution in [0.25, 0.3) is 0 Å². The van der Waals surface area contributed by atoms with Crippen LogP contribution >= 0.6 is 0 Å². The Balaban J connectivity index is 2.07. The molecule has 0 bridgehead atoms. The van der Waals surface area contributed by atoms with Gasteiger partial charge in [0.15, 0.2) is 0 Å². The van der Waals surface area contributed by atoms with Gasteiger partial charge in [0.05, 0.1) is 0 Å². The molecule has 1 aliphatic rings. The molecule has 0 unspecified atom stereocenters. The van der Waals surface area contributed by atoms with E-state index >= 15 is 0 Å².